The van der Waals surface area contributed by atoms with Crippen molar-refractivity contribution < 1.29 is 0 Å². The molecule has 0 amide bonds. The molecule has 2 aromatic heterocycles. The summed E-state index contributed by atoms with van der Waals surface area (Å²) in [5.74, 6) is 0. The predicted octanol–water partition coefficient (Wildman–Crippen LogP) is 5.01. The zero-order valence-electron chi connectivity index (χ0n) is 12.8. The second kappa shape index (κ2) is 5.06. The summed E-state index contributed by atoms with van der Waals surface area (Å²) >= 11 is 0. The first kappa shape index (κ1) is 13.1. The third-order valence-corrected chi connectivity index (χ3v) is 4.30. The van der Waals surface area contributed by atoms with E-state index in [-0.39, 0.29) is 0 Å². The average molecular weight is 310 g/mol. The maximum absolute atomic E-state index is 4.77. The number of hydrogen-bond donors (Lipinski definition) is 2. The third-order valence-electron chi connectivity index (χ3n) is 4.30. The van der Waals surface area contributed by atoms with Gasteiger partial charge in [-0.05, 0) is 30.3 Å². The quantitative estimate of drug-likeness (QED) is 0.451. The number of nitrogens with one attached hydrogen (secondary N) is 2. The van der Waals surface area contributed by atoms with Gasteiger partial charge in [-0.2, -0.15) is 5.10 Å². The van der Waals surface area contributed by atoms with Gasteiger partial charge in [-0.25, -0.2) is 4.98 Å². The van der Waals surface area contributed by atoms with E-state index >= 15 is 0 Å². The average Bonchev–Trinajstić information content (AvgIpc) is 3.09. The number of anilines is 2. The molecule has 3 aromatic carbocycles. The third kappa shape index (κ3) is 2.01. The summed E-state index contributed by atoms with van der Waals surface area (Å²) in [5, 5.41) is 14.0. The minimum Gasteiger partial charge on any atom is -0.354 e. The van der Waals surface area contributed by atoms with Crippen LogP contribution in [0.5, 0.6) is 0 Å². The van der Waals surface area contributed by atoms with Crippen molar-refractivity contribution >= 4 is 44.1 Å². The lowest BCUT2D eigenvalue weighted by atomic mass is 10.1. The molecule has 114 valence electrons. The molecule has 0 aliphatic heterocycles. The van der Waals surface area contributed by atoms with Gasteiger partial charge >= 0.3 is 0 Å². The molecular formula is C20H14N4. The molecule has 0 fully saturated rings. The number of fused-ring (bicyclic) bond motifs is 3. The van der Waals surface area contributed by atoms with Crippen molar-refractivity contribution in [1.29, 1.82) is 0 Å². The topological polar surface area (TPSA) is 53.6 Å². The zero-order valence-corrected chi connectivity index (χ0v) is 12.8. The van der Waals surface area contributed by atoms with Crippen molar-refractivity contribution in [2.45, 2.75) is 0 Å². The van der Waals surface area contributed by atoms with Crippen molar-refractivity contribution in [3.05, 3.63) is 72.9 Å². The Morgan fingerprint density at radius 3 is 2.25 bits per heavy atom. The molecule has 0 aliphatic rings. The Morgan fingerprint density at radius 1 is 0.792 bits per heavy atom. The van der Waals surface area contributed by atoms with Crippen LogP contribution in [-0.4, -0.2) is 15.2 Å². The van der Waals surface area contributed by atoms with Gasteiger partial charge in [-0.3, -0.25) is 5.10 Å². The van der Waals surface area contributed by atoms with Crippen LogP contribution in [0.15, 0.2) is 72.9 Å². The van der Waals surface area contributed by atoms with Crippen LogP contribution in [0.3, 0.4) is 0 Å². The van der Waals surface area contributed by atoms with Crippen molar-refractivity contribution in [3.63, 3.8) is 0 Å². The molecule has 4 heteroatoms. The van der Waals surface area contributed by atoms with E-state index in [9.17, 15) is 0 Å². The smallest absolute Gasteiger partial charge is 0.0730 e. The lowest BCUT2D eigenvalue weighted by Gasteiger charge is -2.13. The van der Waals surface area contributed by atoms with Crippen LogP contribution < -0.4 is 5.32 Å². The van der Waals surface area contributed by atoms with Crippen LogP contribution in [0.4, 0.5) is 11.4 Å². The van der Waals surface area contributed by atoms with Crippen LogP contribution in [-0.2, 0) is 0 Å². The normalized spacial score (nSPS) is 11.3. The SMILES string of the molecule is c1ccc2c(Nc3ccc4cn[nH]c4c3)c3ccccc3nc2c1. The van der Waals surface area contributed by atoms with Gasteiger partial charge in [0, 0.05) is 21.8 Å². The van der Waals surface area contributed by atoms with Crippen molar-refractivity contribution in [1.82, 2.24) is 15.2 Å². The van der Waals surface area contributed by atoms with E-state index in [1.807, 2.05) is 42.6 Å². The van der Waals surface area contributed by atoms with E-state index in [0.717, 1.165) is 44.1 Å². The van der Waals surface area contributed by atoms with Gasteiger partial charge in [0.05, 0.1) is 28.4 Å². The maximum atomic E-state index is 4.77. The van der Waals surface area contributed by atoms with Crippen LogP contribution in [0.25, 0.3) is 32.7 Å². The predicted molar refractivity (Wildman–Crippen MR) is 98.6 cm³/mol. The summed E-state index contributed by atoms with van der Waals surface area (Å²) < 4.78 is 0. The lowest BCUT2D eigenvalue weighted by molar-refractivity contribution is 1.12. The Kier molecular flexibility index (Phi) is 2.76. The van der Waals surface area contributed by atoms with E-state index in [1.54, 1.807) is 0 Å². The van der Waals surface area contributed by atoms with Crippen molar-refractivity contribution in [3.8, 4) is 0 Å². The van der Waals surface area contributed by atoms with Gasteiger partial charge in [-0.1, -0.05) is 36.4 Å². The summed E-state index contributed by atoms with van der Waals surface area (Å²) in [5.41, 5.74) is 5.09. The number of para-hydroxylation sites is 2. The van der Waals surface area contributed by atoms with Crippen molar-refractivity contribution in [2.75, 3.05) is 5.32 Å². The second-order valence-electron chi connectivity index (χ2n) is 5.82. The molecule has 0 spiro atoms. The Labute approximate surface area is 138 Å². The van der Waals surface area contributed by atoms with Gasteiger partial charge in [0.25, 0.3) is 0 Å². The number of nitrogens with zero attached hydrogens (tertiary/aromatic N) is 2. The van der Waals surface area contributed by atoms with Gasteiger partial charge in [0.2, 0.25) is 0 Å². The first-order valence-corrected chi connectivity index (χ1v) is 7.86. The molecule has 5 aromatic rings. The molecule has 0 bridgehead atoms. The van der Waals surface area contributed by atoms with Gasteiger partial charge in [0.1, 0.15) is 0 Å². The highest BCUT2D eigenvalue weighted by Crippen LogP contribution is 2.33. The highest BCUT2D eigenvalue weighted by Gasteiger charge is 2.09. The summed E-state index contributed by atoms with van der Waals surface area (Å²) in [6, 6.07) is 22.6. The molecule has 2 N–H and O–H groups in total. The van der Waals surface area contributed by atoms with E-state index in [1.165, 1.54) is 0 Å². The molecular weight excluding hydrogens is 296 g/mol. The monoisotopic (exact) mass is 310 g/mol. The Bertz CT molecular complexity index is 1140. The minimum atomic E-state index is 0.987. The number of rotatable bonds is 2. The van der Waals surface area contributed by atoms with E-state index in [2.05, 4.69) is 45.8 Å². The van der Waals surface area contributed by atoms with Gasteiger partial charge < -0.3 is 5.32 Å². The molecule has 0 atom stereocenters. The number of hydrogen-bond acceptors (Lipinski definition) is 3. The maximum Gasteiger partial charge on any atom is 0.0730 e. The summed E-state index contributed by atoms with van der Waals surface area (Å²) in [4.78, 5) is 4.77. The van der Waals surface area contributed by atoms with Crippen LogP contribution >= 0.6 is 0 Å². The molecule has 24 heavy (non-hydrogen) atoms. The zero-order chi connectivity index (χ0) is 15.9. The van der Waals surface area contributed by atoms with Crippen molar-refractivity contribution in [2.24, 2.45) is 0 Å². The van der Waals surface area contributed by atoms with Crippen LogP contribution in [0.2, 0.25) is 0 Å². The highest BCUT2D eigenvalue weighted by molar-refractivity contribution is 6.08. The molecule has 0 unspecified atom stereocenters. The fourth-order valence-electron chi connectivity index (χ4n) is 3.13. The molecule has 0 aliphatic carbocycles. The van der Waals surface area contributed by atoms with E-state index in [4.69, 9.17) is 4.98 Å². The second-order valence-corrected chi connectivity index (χ2v) is 5.82. The van der Waals surface area contributed by atoms with Crippen LogP contribution in [0, 0.1) is 0 Å². The summed E-state index contributed by atoms with van der Waals surface area (Å²) in [6.07, 6.45) is 1.83. The number of benzene rings is 3. The lowest BCUT2D eigenvalue weighted by Crippen LogP contribution is -1.95. The number of aromatic amines is 1. The minimum absolute atomic E-state index is 0.987. The molecule has 4 nitrogen and oxygen atoms in total. The Balaban J connectivity index is 1.76. The Morgan fingerprint density at radius 2 is 1.50 bits per heavy atom. The highest BCUT2D eigenvalue weighted by atomic mass is 15.1. The first-order chi connectivity index (χ1) is 11.9. The standard InChI is InChI=1S/C20H14N4/c1-3-7-17-15(5-1)20(16-6-2-4-8-18(16)23-17)22-14-10-9-13-12-21-24-19(13)11-14/h1-12H,(H,21,24)(H,22,23). The fraction of sp³-hybridized carbons (Fsp3) is 0. The molecule has 2 heterocycles. The van der Waals surface area contributed by atoms with Crippen LogP contribution in [0.1, 0.15) is 0 Å². The number of H-pyrrole nitrogens is 1. The van der Waals surface area contributed by atoms with E-state index < -0.39 is 0 Å². The van der Waals surface area contributed by atoms with Gasteiger partial charge in [-0.15, -0.1) is 0 Å². The first-order valence-electron chi connectivity index (χ1n) is 7.86. The summed E-state index contributed by atoms with van der Waals surface area (Å²) in [7, 11) is 0. The molecule has 0 saturated carbocycles. The largest absolute Gasteiger partial charge is 0.354 e. The fourth-order valence-corrected chi connectivity index (χ4v) is 3.13. The molecule has 0 radical (unpaired) electrons. The molecule has 5 rings (SSSR count). The number of aromatic nitrogens is 3. The number of pyridine rings is 1. The molecule has 0 saturated heterocycles. The Hall–Kier alpha value is -3.40. The van der Waals surface area contributed by atoms with E-state index in [0.29, 0.717) is 0 Å². The van der Waals surface area contributed by atoms with Gasteiger partial charge in [0.15, 0.2) is 0 Å². The summed E-state index contributed by atoms with van der Waals surface area (Å²) in [6.45, 7) is 0.